The van der Waals surface area contributed by atoms with Crippen LogP contribution in [0.3, 0.4) is 0 Å². The molecule has 0 saturated carbocycles. The van der Waals surface area contributed by atoms with Crippen LogP contribution in [0.25, 0.3) is 10.4 Å². The van der Waals surface area contributed by atoms with Crippen molar-refractivity contribution in [1.82, 2.24) is 0 Å². The van der Waals surface area contributed by atoms with Crippen molar-refractivity contribution in [2.75, 3.05) is 5.32 Å². The SMILES string of the molecule is Cc1c(Cl)cccc1NCc1cc(-c2cccs2)cs1. The van der Waals surface area contributed by atoms with Crippen LogP contribution in [0, 0.1) is 6.92 Å². The van der Waals surface area contributed by atoms with Crippen LogP contribution in [0.2, 0.25) is 5.02 Å². The number of halogens is 1. The lowest BCUT2D eigenvalue weighted by molar-refractivity contribution is 1.18. The summed E-state index contributed by atoms with van der Waals surface area (Å²) in [6, 6.07) is 12.5. The van der Waals surface area contributed by atoms with Crippen LogP contribution < -0.4 is 5.32 Å². The highest BCUT2D eigenvalue weighted by Crippen LogP contribution is 2.30. The highest BCUT2D eigenvalue weighted by atomic mass is 35.5. The molecule has 0 unspecified atom stereocenters. The molecule has 0 atom stereocenters. The molecule has 0 saturated heterocycles. The second-order valence-corrected chi connectivity index (χ2v) is 6.90. The van der Waals surface area contributed by atoms with E-state index in [0.29, 0.717) is 0 Å². The maximum atomic E-state index is 6.13. The van der Waals surface area contributed by atoms with Gasteiger partial charge in [-0.05, 0) is 47.5 Å². The maximum Gasteiger partial charge on any atom is 0.0494 e. The summed E-state index contributed by atoms with van der Waals surface area (Å²) in [5.74, 6) is 0. The fourth-order valence-corrected chi connectivity index (χ4v) is 3.81. The van der Waals surface area contributed by atoms with Gasteiger partial charge in [-0.1, -0.05) is 23.7 Å². The van der Waals surface area contributed by atoms with Crippen molar-refractivity contribution >= 4 is 40.0 Å². The third kappa shape index (κ3) is 2.90. The fourth-order valence-electron chi connectivity index (χ4n) is 2.03. The van der Waals surface area contributed by atoms with Gasteiger partial charge in [0.25, 0.3) is 0 Å². The van der Waals surface area contributed by atoms with E-state index in [9.17, 15) is 0 Å². The minimum atomic E-state index is 0.806. The number of anilines is 1. The van der Waals surface area contributed by atoms with Gasteiger partial charge < -0.3 is 5.32 Å². The van der Waals surface area contributed by atoms with Gasteiger partial charge in [0.1, 0.15) is 0 Å². The predicted octanol–water partition coefficient (Wildman–Crippen LogP) is 6.05. The Kier molecular flexibility index (Phi) is 4.10. The summed E-state index contributed by atoms with van der Waals surface area (Å²) in [6.07, 6.45) is 0. The van der Waals surface area contributed by atoms with Crippen LogP contribution in [0.4, 0.5) is 5.69 Å². The number of thiophene rings is 2. The van der Waals surface area contributed by atoms with Gasteiger partial charge in [-0.25, -0.2) is 0 Å². The first kappa shape index (κ1) is 13.7. The standard InChI is InChI=1S/C16H14ClNS2/c1-11-14(17)4-2-5-15(11)18-9-13-8-12(10-20-13)16-6-3-7-19-16/h2-8,10,18H,9H2,1H3. The van der Waals surface area contributed by atoms with E-state index in [-0.39, 0.29) is 0 Å². The Bertz CT molecular complexity index is 701. The Balaban J connectivity index is 1.71. The van der Waals surface area contributed by atoms with Crippen LogP contribution in [0.5, 0.6) is 0 Å². The van der Waals surface area contributed by atoms with Crippen LogP contribution in [-0.4, -0.2) is 0 Å². The monoisotopic (exact) mass is 319 g/mol. The Morgan fingerprint density at radius 2 is 2.05 bits per heavy atom. The van der Waals surface area contributed by atoms with E-state index >= 15 is 0 Å². The summed E-state index contributed by atoms with van der Waals surface area (Å²) >= 11 is 9.70. The lowest BCUT2D eigenvalue weighted by Gasteiger charge is -2.09. The van der Waals surface area contributed by atoms with Crippen LogP contribution >= 0.6 is 34.3 Å². The van der Waals surface area contributed by atoms with E-state index in [4.69, 9.17) is 11.6 Å². The van der Waals surface area contributed by atoms with Crippen LogP contribution in [0.15, 0.2) is 47.2 Å². The van der Waals surface area contributed by atoms with Crippen molar-refractivity contribution in [1.29, 1.82) is 0 Å². The number of benzene rings is 1. The van der Waals surface area contributed by atoms with E-state index < -0.39 is 0 Å². The van der Waals surface area contributed by atoms with Gasteiger partial charge in [-0.3, -0.25) is 0 Å². The molecule has 0 aliphatic rings. The quantitative estimate of drug-likeness (QED) is 0.617. The molecule has 20 heavy (non-hydrogen) atoms. The highest BCUT2D eigenvalue weighted by Gasteiger charge is 2.05. The molecule has 2 heterocycles. The van der Waals surface area contributed by atoms with Gasteiger partial charge in [0, 0.05) is 32.6 Å². The summed E-state index contributed by atoms with van der Waals surface area (Å²) in [6.45, 7) is 2.87. The Morgan fingerprint density at radius 1 is 1.15 bits per heavy atom. The largest absolute Gasteiger partial charge is 0.380 e. The summed E-state index contributed by atoms with van der Waals surface area (Å²) in [7, 11) is 0. The normalized spacial score (nSPS) is 10.7. The van der Waals surface area contributed by atoms with Gasteiger partial charge >= 0.3 is 0 Å². The topological polar surface area (TPSA) is 12.0 Å². The summed E-state index contributed by atoms with van der Waals surface area (Å²) in [5.41, 5.74) is 3.51. The molecule has 1 aromatic carbocycles. The number of hydrogen-bond donors (Lipinski definition) is 1. The number of hydrogen-bond acceptors (Lipinski definition) is 3. The minimum Gasteiger partial charge on any atom is -0.380 e. The van der Waals surface area contributed by atoms with Crippen LogP contribution in [-0.2, 0) is 6.54 Å². The van der Waals surface area contributed by atoms with Gasteiger partial charge in [0.15, 0.2) is 0 Å². The first-order chi connectivity index (χ1) is 9.74. The third-order valence-corrected chi connectivity index (χ3v) is 5.45. The summed E-state index contributed by atoms with van der Waals surface area (Å²) in [4.78, 5) is 2.65. The molecule has 3 rings (SSSR count). The molecule has 1 N–H and O–H groups in total. The zero-order chi connectivity index (χ0) is 13.9. The maximum absolute atomic E-state index is 6.13. The summed E-state index contributed by atoms with van der Waals surface area (Å²) in [5, 5.41) is 8.59. The average molecular weight is 320 g/mol. The van der Waals surface area contributed by atoms with Crippen molar-refractivity contribution in [3.63, 3.8) is 0 Å². The molecule has 0 radical (unpaired) electrons. The molecular weight excluding hydrogens is 306 g/mol. The van der Waals surface area contributed by atoms with Crippen molar-refractivity contribution in [3.8, 4) is 10.4 Å². The first-order valence-electron chi connectivity index (χ1n) is 6.34. The lowest BCUT2D eigenvalue weighted by Crippen LogP contribution is -1.99. The predicted molar refractivity (Wildman–Crippen MR) is 91.1 cm³/mol. The summed E-state index contributed by atoms with van der Waals surface area (Å²) < 4.78 is 0. The average Bonchev–Trinajstić information content (AvgIpc) is 3.10. The molecular formula is C16H14ClNS2. The van der Waals surface area contributed by atoms with E-state index in [1.807, 2.05) is 19.1 Å². The van der Waals surface area contributed by atoms with Crippen molar-refractivity contribution in [2.45, 2.75) is 13.5 Å². The second-order valence-electron chi connectivity index (χ2n) is 4.54. The molecule has 1 nitrogen and oxygen atoms in total. The zero-order valence-electron chi connectivity index (χ0n) is 11.0. The van der Waals surface area contributed by atoms with E-state index in [2.05, 4.69) is 40.3 Å². The first-order valence-corrected chi connectivity index (χ1v) is 8.48. The Morgan fingerprint density at radius 3 is 2.85 bits per heavy atom. The Labute approximate surface area is 131 Å². The lowest BCUT2D eigenvalue weighted by atomic mass is 10.2. The molecule has 2 aromatic heterocycles. The molecule has 3 aromatic rings. The van der Waals surface area contributed by atoms with E-state index in [1.54, 1.807) is 22.7 Å². The Hall–Kier alpha value is -1.29. The molecule has 0 spiro atoms. The van der Waals surface area contributed by atoms with Crippen molar-refractivity contribution in [3.05, 3.63) is 62.6 Å². The molecule has 4 heteroatoms. The number of nitrogens with one attached hydrogen (secondary N) is 1. The molecule has 102 valence electrons. The molecule has 0 amide bonds. The van der Waals surface area contributed by atoms with Crippen molar-refractivity contribution < 1.29 is 0 Å². The van der Waals surface area contributed by atoms with Crippen LogP contribution in [0.1, 0.15) is 10.4 Å². The smallest absolute Gasteiger partial charge is 0.0494 e. The second kappa shape index (κ2) is 6.00. The zero-order valence-corrected chi connectivity index (χ0v) is 13.4. The molecule has 0 aliphatic carbocycles. The van der Waals surface area contributed by atoms with Crippen molar-refractivity contribution in [2.24, 2.45) is 0 Å². The van der Waals surface area contributed by atoms with E-state index in [0.717, 1.165) is 22.8 Å². The molecule has 0 bridgehead atoms. The van der Waals surface area contributed by atoms with E-state index in [1.165, 1.54) is 15.3 Å². The van der Waals surface area contributed by atoms with Gasteiger partial charge in [-0.2, -0.15) is 0 Å². The van der Waals surface area contributed by atoms with Gasteiger partial charge in [0.2, 0.25) is 0 Å². The highest BCUT2D eigenvalue weighted by molar-refractivity contribution is 7.14. The molecule has 0 fully saturated rings. The van der Waals surface area contributed by atoms with Gasteiger partial charge in [0.05, 0.1) is 0 Å². The minimum absolute atomic E-state index is 0.806. The molecule has 0 aliphatic heterocycles. The third-order valence-electron chi connectivity index (χ3n) is 3.18. The van der Waals surface area contributed by atoms with Gasteiger partial charge in [-0.15, -0.1) is 22.7 Å². The fraction of sp³-hybridized carbons (Fsp3) is 0.125. The number of rotatable bonds is 4.